The van der Waals surface area contributed by atoms with Crippen LogP contribution in [-0.4, -0.2) is 54.5 Å². The van der Waals surface area contributed by atoms with Gasteiger partial charge in [-0.1, -0.05) is 30.3 Å². The highest BCUT2D eigenvalue weighted by Gasteiger charge is 2.39. The number of nitrogens with zero attached hydrogens (tertiary/aromatic N) is 1. The quantitative estimate of drug-likeness (QED) is 0.549. The summed E-state index contributed by atoms with van der Waals surface area (Å²) in [4.78, 5) is 38.0. The van der Waals surface area contributed by atoms with Gasteiger partial charge in [-0.2, -0.15) is 0 Å². The third kappa shape index (κ3) is 6.73. The van der Waals surface area contributed by atoms with Crippen LogP contribution in [0.2, 0.25) is 0 Å². The maximum atomic E-state index is 12.7. The number of aryl methyl sites for hydroxylation is 1. The van der Waals surface area contributed by atoms with Gasteiger partial charge in [-0.3, -0.25) is 14.4 Å². The molecule has 2 aromatic carbocycles. The predicted octanol–water partition coefficient (Wildman–Crippen LogP) is 1.80. The van der Waals surface area contributed by atoms with Crippen molar-refractivity contribution in [2.45, 2.75) is 38.3 Å². The van der Waals surface area contributed by atoms with Crippen LogP contribution < -0.4 is 20.5 Å². The highest BCUT2D eigenvalue weighted by Crippen LogP contribution is 2.23. The second kappa shape index (κ2) is 11.2. The van der Waals surface area contributed by atoms with Gasteiger partial charge in [0, 0.05) is 12.8 Å². The smallest absolute Gasteiger partial charge is 0.242 e. The Morgan fingerprint density at radius 3 is 2.56 bits per heavy atom. The monoisotopic (exact) mass is 439 g/mol. The first-order valence-corrected chi connectivity index (χ1v) is 10.7. The third-order valence-corrected chi connectivity index (χ3v) is 5.20. The molecule has 0 spiro atoms. The molecular formula is C24H29N3O5. The van der Waals surface area contributed by atoms with Gasteiger partial charge in [0.25, 0.3) is 0 Å². The van der Waals surface area contributed by atoms with Crippen molar-refractivity contribution >= 4 is 17.7 Å². The molecule has 1 saturated heterocycles. The molecule has 3 amide bonds. The van der Waals surface area contributed by atoms with Gasteiger partial charge in [0.05, 0.1) is 19.7 Å². The minimum Gasteiger partial charge on any atom is -0.494 e. The van der Waals surface area contributed by atoms with Gasteiger partial charge in [0.1, 0.15) is 23.6 Å². The third-order valence-electron chi connectivity index (χ3n) is 5.20. The van der Waals surface area contributed by atoms with Crippen LogP contribution in [0.15, 0.2) is 54.6 Å². The Balaban J connectivity index is 1.43. The Kier molecular flexibility index (Phi) is 8.08. The maximum absolute atomic E-state index is 12.7. The highest BCUT2D eigenvalue weighted by atomic mass is 16.5. The molecule has 2 aromatic rings. The summed E-state index contributed by atoms with van der Waals surface area (Å²) in [6.07, 6.45) is 0.733. The second-order valence-corrected chi connectivity index (χ2v) is 7.80. The molecule has 3 rings (SSSR count). The van der Waals surface area contributed by atoms with E-state index in [1.54, 1.807) is 0 Å². The van der Waals surface area contributed by atoms with E-state index in [0.717, 1.165) is 11.3 Å². The van der Waals surface area contributed by atoms with Crippen LogP contribution in [0.1, 0.15) is 24.8 Å². The zero-order valence-corrected chi connectivity index (χ0v) is 18.2. The number of rotatable bonds is 10. The molecular weight excluding hydrogens is 410 g/mol. The molecule has 32 heavy (non-hydrogen) atoms. The molecule has 1 aliphatic rings. The van der Waals surface area contributed by atoms with Crippen LogP contribution in [0.3, 0.4) is 0 Å². The molecule has 1 heterocycles. The van der Waals surface area contributed by atoms with Gasteiger partial charge in [-0.05, 0) is 43.2 Å². The molecule has 1 fully saturated rings. The van der Waals surface area contributed by atoms with E-state index in [4.69, 9.17) is 15.2 Å². The average Bonchev–Trinajstić information content (AvgIpc) is 3.20. The van der Waals surface area contributed by atoms with Crippen molar-refractivity contribution in [2.75, 3.05) is 19.7 Å². The zero-order valence-electron chi connectivity index (χ0n) is 18.2. The van der Waals surface area contributed by atoms with Crippen LogP contribution in [0, 0.1) is 6.92 Å². The summed E-state index contributed by atoms with van der Waals surface area (Å²) in [5, 5.41) is 2.61. The summed E-state index contributed by atoms with van der Waals surface area (Å²) in [5.41, 5.74) is 6.55. The summed E-state index contributed by atoms with van der Waals surface area (Å²) >= 11 is 0. The minimum atomic E-state index is -0.756. The first-order valence-electron chi connectivity index (χ1n) is 10.7. The molecule has 0 bridgehead atoms. The molecule has 3 N–H and O–H groups in total. The van der Waals surface area contributed by atoms with Crippen molar-refractivity contribution in [1.82, 2.24) is 10.2 Å². The van der Waals surface area contributed by atoms with Crippen molar-refractivity contribution in [2.24, 2.45) is 5.73 Å². The molecule has 170 valence electrons. The fourth-order valence-corrected chi connectivity index (χ4v) is 3.61. The van der Waals surface area contributed by atoms with Crippen molar-refractivity contribution in [3.8, 4) is 11.5 Å². The van der Waals surface area contributed by atoms with Gasteiger partial charge >= 0.3 is 0 Å². The van der Waals surface area contributed by atoms with E-state index in [9.17, 15) is 14.4 Å². The minimum absolute atomic E-state index is 0.195. The molecule has 2 atom stereocenters. The van der Waals surface area contributed by atoms with Crippen molar-refractivity contribution < 1.29 is 23.9 Å². The van der Waals surface area contributed by atoms with Crippen LogP contribution in [0.25, 0.3) is 0 Å². The number of nitrogens with two attached hydrogens (primary N) is 1. The van der Waals surface area contributed by atoms with E-state index < -0.39 is 11.9 Å². The number of nitrogens with one attached hydrogen (secondary N) is 1. The highest BCUT2D eigenvalue weighted by molar-refractivity contribution is 5.90. The predicted molar refractivity (Wildman–Crippen MR) is 119 cm³/mol. The number of primary amides is 1. The number of likely N-dealkylation sites (tertiary alicyclic amines) is 1. The van der Waals surface area contributed by atoms with Crippen LogP contribution in [0.5, 0.6) is 11.5 Å². The molecule has 2 unspecified atom stereocenters. The number of para-hydroxylation sites is 1. The first-order chi connectivity index (χ1) is 15.4. The van der Waals surface area contributed by atoms with Crippen molar-refractivity contribution in [3.63, 3.8) is 0 Å². The van der Waals surface area contributed by atoms with Crippen molar-refractivity contribution in [3.05, 3.63) is 60.2 Å². The molecule has 8 nitrogen and oxygen atoms in total. The Hall–Kier alpha value is -3.55. The number of benzene rings is 2. The summed E-state index contributed by atoms with van der Waals surface area (Å²) in [7, 11) is 0. The number of carbonyl (C=O) groups excluding carboxylic acids is 3. The average molecular weight is 440 g/mol. The van der Waals surface area contributed by atoms with Gasteiger partial charge in [0.2, 0.25) is 17.7 Å². The van der Waals surface area contributed by atoms with Gasteiger partial charge in [-0.25, -0.2) is 0 Å². The fourth-order valence-electron chi connectivity index (χ4n) is 3.61. The SMILES string of the molecule is Cc1cccc(OC2CC(C(N)=O)N(C(=O)CNC(=O)CCCOc3ccccc3)C2)c1. The molecule has 8 heteroatoms. The molecule has 0 aromatic heterocycles. The lowest BCUT2D eigenvalue weighted by atomic mass is 10.2. The molecule has 1 aliphatic heterocycles. The number of amides is 3. The lowest BCUT2D eigenvalue weighted by molar-refractivity contribution is -0.137. The molecule has 0 radical (unpaired) electrons. The first kappa shape index (κ1) is 23.1. The molecule has 0 saturated carbocycles. The zero-order chi connectivity index (χ0) is 22.9. The summed E-state index contributed by atoms with van der Waals surface area (Å²) in [5.74, 6) is 0.226. The number of hydrogen-bond acceptors (Lipinski definition) is 5. The number of ether oxygens (including phenoxy) is 2. The van der Waals surface area contributed by atoms with Crippen molar-refractivity contribution in [1.29, 1.82) is 0 Å². The van der Waals surface area contributed by atoms with E-state index in [-0.39, 0.29) is 37.4 Å². The summed E-state index contributed by atoms with van der Waals surface area (Å²) in [6.45, 7) is 2.40. The van der Waals surface area contributed by atoms with Gasteiger partial charge in [-0.15, -0.1) is 0 Å². The summed E-state index contributed by atoms with van der Waals surface area (Å²) in [6, 6.07) is 16.2. The van der Waals surface area contributed by atoms with E-state index in [1.165, 1.54) is 4.90 Å². The van der Waals surface area contributed by atoms with E-state index in [2.05, 4.69) is 5.32 Å². The number of carbonyl (C=O) groups is 3. The lowest BCUT2D eigenvalue weighted by Crippen LogP contribution is -2.47. The Labute approximate surface area is 187 Å². The Bertz CT molecular complexity index is 934. The van der Waals surface area contributed by atoms with Crippen LogP contribution in [0.4, 0.5) is 0 Å². The normalized spacial score (nSPS) is 17.6. The van der Waals surface area contributed by atoms with Crippen LogP contribution in [-0.2, 0) is 14.4 Å². The largest absolute Gasteiger partial charge is 0.494 e. The Morgan fingerprint density at radius 2 is 1.84 bits per heavy atom. The van der Waals surface area contributed by atoms with Gasteiger partial charge in [0.15, 0.2) is 0 Å². The maximum Gasteiger partial charge on any atom is 0.242 e. The number of hydrogen-bond donors (Lipinski definition) is 2. The molecule has 0 aliphatic carbocycles. The van der Waals surface area contributed by atoms with E-state index in [1.807, 2.05) is 61.5 Å². The van der Waals surface area contributed by atoms with Crippen LogP contribution >= 0.6 is 0 Å². The van der Waals surface area contributed by atoms with E-state index >= 15 is 0 Å². The second-order valence-electron chi connectivity index (χ2n) is 7.80. The standard InChI is InChI=1S/C24H29N3O5/c1-17-7-5-10-19(13-17)32-20-14-21(24(25)30)27(16-20)23(29)15-26-22(28)11-6-12-31-18-8-3-2-4-9-18/h2-5,7-10,13,20-21H,6,11-12,14-16H2,1H3,(H2,25,30)(H,26,28). The Morgan fingerprint density at radius 1 is 1.09 bits per heavy atom. The summed E-state index contributed by atoms with van der Waals surface area (Å²) < 4.78 is 11.5. The topological polar surface area (TPSA) is 111 Å². The van der Waals surface area contributed by atoms with Gasteiger partial charge < -0.3 is 25.4 Å². The lowest BCUT2D eigenvalue weighted by Gasteiger charge is -2.22. The van der Waals surface area contributed by atoms with E-state index in [0.29, 0.717) is 25.2 Å². The fraction of sp³-hybridized carbons (Fsp3) is 0.375.